The number of nitrogens with zero attached hydrogens (tertiary/aromatic N) is 6. The Bertz CT molecular complexity index is 894. The normalized spacial score (nSPS) is 17.3. The summed E-state index contributed by atoms with van der Waals surface area (Å²) in [6.45, 7) is 7.16. The summed E-state index contributed by atoms with van der Waals surface area (Å²) in [5, 5.41) is 4.37. The first-order valence-corrected chi connectivity index (χ1v) is 9.36. The van der Waals surface area contributed by atoms with Gasteiger partial charge in [0.1, 0.15) is 11.5 Å². The lowest BCUT2D eigenvalue weighted by Gasteiger charge is -2.34. The van der Waals surface area contributed by atoms with Gasteiger partial charge < -0.3 is 9.64 Å². The van der Waals surface area contributed by atoms with Gasteiger partial charge >= 0.3 is 0 Å². The Hall–Kier alpha value is -2.80. The highest BCUT2D eigenvalue weighted by atomic mass is 16.5. The summed E-state index contributed by atoms with van der Waals surface area (Å²) in [7, 11) is 0. The SMILES string of the molecule is CCc1cc(N2CCOC(Cn3cc(C)cn3)C2)nc(-c2ccccn2)n1. The number of morpholine rings is 1. The van der Waals surface area contributed by atoms with Crippen LogP contribution in [-0.4, -0.2) is 50.5 Å². The minimum Gasteiger partial charge on any atom is -0.373 e. The Morgan fingerprint density at radius 3 is 2.93 bits per heavy atom. The van der Waals surface area contributed by atoms with E-state index < -0.39 is 0 Å². The zero-order chi connectivity index (χ0) is 18.6. The van der Waals surface area contributed by atoms with Crippen molar-refractivity contribution < 1.29 is 4.74 Å². The van der Waals surface area contributed by atoms with Crippen molar-refractivity contribution in [1.82, 2.24) is 24.7 Å². The van der Waals surface area contributed by atoms with Crippen LogP contribution in [0.15, 0.2) is 42.9 Å². The standard InChI is InChI=1S/C20H24N6O/c1-3-16-10-19(24-20(23-16)18-6-4-5-7-21-18)25-8-9-27-17(13-25)14-26-12-15(2)11-22-26/h4-7,10-12,17H,3,8-9,13-14H2,1-2H3. The lowest BCUT2D eigenvalue weighted by Crippen LogP contribution is -2.44. The van der Waals surface area contributed by atoms with Crippen molar-refractivity contribution in [3.8, 4) is 11.5 Å². The third-order valence-corrected chi connectivity index (χ3v) is 4.64. The van der Waals surface area contributed by atoms with Crippen LogP contribution in [0.5, 0.6) is 0 Å². The molecule has 1 aliphatic rings. The highest BCUT2D eigenvalue weighted by molar-refractivity contribution is 5.54. The van der Waals surface area contributed by atoms with Crippen molar-refractivity contribution in [2.45, 2.75) is 32.9 Å². The molecule has 1 fully saturated rings. The van der Waals surface area contributed by atoms with E-state index in [9.17, 15) is 0 Å². The first-order chi connectivity index (χ1) is 13.2. The fraction of sp³-hybridized carbons (Fsp3) is 0.400. The summed E-state index contributed by atoms with van der Waals surface area (Å²) in [4.78, 5) is 16.1. The Morgan fingerprint density at radius 1 is 1.26 bits per heavy atom. The zero-order valence-electron chi connectivity index (χ0n) is 15.7. The average Bonchev–Trinajstić information content (AvgIpc) is 3.13. The van der Waals surface area contributed by atoms with Crippen LogP contribution in [0.1, 0.15) is 18.2 Å². The van der Waals surface area contributed by atoms with Gasteiger partial charge in [-0.25, -0.2) is 9.97 Å². The second-order valence-electron chi connectivity index (χ2n) is 6.79. The summed E-state index contributed by atoms with van der Waals surface area (Å²) in [6, 6.07) is 7.88. The summed E-state index contributed by atoms with van der Waals surface area (Å²) < 4.78 is 7.90. The lowest BCUT2D eigenvalue weighted by molar-refractivity contribution is 0.0272. The number of ether oxygens (including phenoxy) is 1. The smallest absolute Gasteiger partial charge is 0.180 e. The fourth-order valence-corrected chi connectivity index (χ4v) is 3.25. The fourth-order valence-electron chi connectivity index (χ4n) is 3.25. The van der Waals surface area contributed by atoms with Crippen LogP contribution in [-0.2, 0) is 17.7 Å². The summed E-state index contributed by atoms with van der Waals surface area (Å²) in [5.41, 5.74) is 2.98. The minimum atomic E-state index is 0.0800. The van der Waals surface area contributed by atoms with Crippen LogP contribution in [0, 0.1) is 6.92 Å². The van der Waals surface area contributed by atoms with E-state index in [1.165, 1.54) is 0 Å². The molecule has 1 saturated heterocycles. The maximum Gasteiger partial charge on any atom is 0.180 e. The number of rotatable bonds is 5. The molecule has 3 aromatic heterocycles. The number of aromatic nitrogens is 5. The molecule has 1 atom stereocenters. The maximum absolute atomic E-state index is 5.96. The third-order valence-electron chi connectivity index (χ3n) is 4.64. The molecule has 0 N–H and O–H groups in total. The highest BCUT2D eigenvalue weighted by Gasteiger charge is 2.23. The number of hydrogen-bond acceptors (Lipinski definition) is 6. The molecule has 7 heteroatoms. The van der Waals surface area contributed by atoms with Crippen LogP contribution >= 0.6 is 0 Å². The van der Waals surface area contributed by atoms with Crippen molar-refractivity contribution >= 4 is 5.82 Å². The minimum absolute atomic E-state index is 0.0800. The van der Waals surface area contributed by atoms with Gasteiger partial charge in [-0.3, -0.25) is 9.67 Å². The second kappa shape index (κ2) is 7.84. The number of hydrogen-bond donors (Lipinski definition) is 0. The second-order valence-corrected chi connectivity index (χ2v) is 6.79. The Labute approximate surface area is 159 Å². The predicted octanol–water partition coefficient (Wildman–Crippen LogP) is 2.51. The average molecular weight is 364 g/mol. The molecule has 0 bridgehead atoms. The Balaban J connectivity index is 1.56. The predicted molar refractivity (Wildman–Crippen MR) is 104 cm³/mol. The van der Waals surface area contributed by atoms with Gasteiger partial charge in [0.25, 0.3) is 0 Å². The van der Waals surface area contributed by atoms with E-state index in [4.69, 9.17) is 9.72 Å². The summed E-state index contributed by atoms with van der Waals surface area (Å²) in [6.07, 6.45) is 6.62. The van der Waals surface area contributed by atoms with Gasteiger partial charge in [-0.15, -0.1) is 0 Å². The molecule has 1 aliphatic heterocycles. The number of anilines is 1. The number of aryl methyl sites for hydroxylation is 2. The molecule has 140 valence electrons. The first kappa shape index (κ1) is 17.6. The van der Waals surface area contributed by atoms with Crippen LogP contribution in [0.2, 0.25) is 0 Å². The monoisotopic (exact) mass is 364 g/mol. The summed E-state index contributed by atoms with van der Waals surface area (Å²) >= 11 is 0. The zero-order valence-corrected chi connectivity index (χ0v) is 15.7. The highest BCUT2D eigenvalue weighted by Crippen LogP contribution is 2.21. The molecule has 7 nitrogen and oxygen atoms in total. The van der Waals surface area contributed by atoms with E-state index in [0.717, 1.165) is 48.8 Å². The largest absolute Gasteiger partial charge is 0.373 e. The molecular weight excluding hydrogens is 340 g/mol. The number of pyridine rings is 1. The summed E-state index contributed by atoms with van der Waals surface area (Å²) in [5.74, 6) is 1.61. The van der Waals surface area contributed by atoms with E-state index in [1.807, 2.05) is 42.2 Å². The van der Waals surface area contributed by atoms with Crippen molar-refractivity contribution in [3.63, 3.8) is 0 Å². The molecule has 3 aromatic rings. The van der Waals surface area contributed by atoms with E-state index in [0.29, 0.717) is 12.4 Å². The molecule has 0 amide bonds. The molecule has 0 aromatic carbocycles. The molecule has 0 saturated carbocycles. The Morgan fingerprint density at radius 2 is 2.19 bits per heavy atom. The van der Waals surface area contributed by atoms with Gasteiger partial charge in [0.2, 0.25) is 0 Å². The Kier molecular flexibility index (Phi) is 5.11. The van der Waals surface area contributed by atoms with E-state index in [2.05, 4.69) is 33.0 Å². The van der Waals surface area contributed by atoms with Crippen LogP contribution in [0.3, 0.4) is 0 Å². The van der Waals surface area contributed by atoms with Crippen molar-refractivity contribution in [2.24, 2.45) is 0 Å². The first-order valence-electron chi connectivity index (χ1n) is 9.36. The van der Waals surface area contributed by atoms with Crippen LogP contribution < -0.4 is 4.90 Å². The van der Waals surface area contributed by atoms with Crippen LogP contribution in [0.4, 0.5) is 5.82 Å². The van der Waals surface area contributed by atoms with Gasteiger partial charge in [-0.1, -0.05) is 13.0 Å². The molecule has 1 unspecified atom stereocenters. The van der Waals surface area contributed by atoms with Crippen molar-refractivity contribution in [3.05, 3.63) is 54.1 Å². The topological polar surface area (TPSA) is 69.0 Å². The van der Waals surface area contributed by atoms with Gasteiger partial charge in [0.15, 0.2) is 5.82 Å². The molecule has 0 radical (unpaired) electrons. The molecule has 0 aliphatic carbocycles. The van der Waals surface area contributed by atoms with Crippen LogP contribution in [0.25, 0.3) is 11.5 Å². The molecule has 4 heterocycles. The maximum atomic E-state index is 5.96. The molecule has 0 spiro atoms. The quantitative estimate of drug-likeness (QED) is 0.693. The van der Waals surface area contributed by atoms with E-state index >= 15 is 0 Å². The van der Waals surface area contributed by atoms with Crippen molar-refractivity contribution in [1.29, 1.82) is 0 Å². The van der Waals surface area contributed by atoms with Crippen molar-refractivity contribution in [2.75, 3.05) is 24.6 Å². The van der Waals surface area contributed by atoms with E-state index in [1.54, 1.807) is 6.20 Å². The van der Waals surface area contributed by atoms with E-state index in [-0.39, 0.29) is 6.10 Å². The van der Waals surface area contributed by atoms with Gasteiger partial charge in [-0.2, -0.15) is 5.10 Å². The van der Waals surface area contributed by atoms with Gasteiger partial charge in [-0.05, 0) is 31.0 Å². The lowest BCUT2D eigenvalue weighted by atomic mass is 10.2. The molecular formula is C20H24N6O. The molecule has 4 rings (SSSR count). The van der Waals surface area contributed by atoms with Gasteiger partial charge in [0, 0.05) is 37.2 Å². The van der Waals surface area contributed by atoms with Gasteiger partial charge in [0.05, 0.1) is 25.5 Å². The molecule has 27 heavy (non-hydrogen) atoms. The third kappa shape index (κ3) is 4.14.